The summed E-state index contributed by atoms with van der Waals surface area (Å²) in [6, 6.07) is 10.1. The van der Waals surface area contributed by atoms with Crippen molar-refractivity contribution in [3.8, 4) is 5.75 Å². The van der Waals surface area contributed by atoms with Crippen molar-refractivity contribution in [3.05, 3.63) is 47.6 Å². The first kappa shape index (κ1) is 22.0. The molecule has 1 N–H and O–H groups in total. The molecule has 0 saturated carbocycles. The van der Waals surface area contributed by atoms with Gasteiger partial charge in [-0.05, 0) is 36.4 Å². The molecule has 0 aliphatic heterocycles. The van der Waals surface area contributed by atoms with E-state index in [1.165, 1.54) is 22.3 Å². The summed E-state index contributed by atoms with van der Waals surface area (Å²) in [6.45, 7) is 4.56. The number of thioether (sulfide) groups is 1. The van der Waals surface area contributed by atoms with Crippen molar-refractivity contribution in [2.24, 2.45) is 0 Å². The smallest absolute Gasteiger partial charge is 0.244 e. The first-order valence-corrected chi connectivity index (χ1v) is 11.3. The Kier molecular flexibility index (Phi) is 8.37. The number of hydrogen-bond acceptors (Lipinski definition) is 6. The van der Waals surface area contributed by atoms with Gasteiger partial charge < -0.3 is 9.84 Å². The first-order chi connectivity index (χ1) is 12.9. The minimum absolute atomic E-state index is 0.142. The molecule has 0 bridgehead atoms. The lowest BCUT2D eigenvalue weighted by molar-refractivity contribution is 0.126. The number of nitrogens with zero attached hydrogens (tertiary/aromatic N) is 2. The van der Waals surface area contributed by atoms with Crippen LogP contribution in [0.4, 0.5) is 0 Å². The van der Waals surface area contributed by atoms with Crippen LogP contribution in [0.2, 0.25) is 5.02 Å². The summed E-state index contributed by atoms with van der Waals surface area (Å²) >= 11 is 7.14. The molecule has 1 atom stereocenters. The lowest BCUT2D eigenvalue weighted by Crippen LogP contribution is -2.30. The fraction of sp³-hybridized carbons (Fsp3) is 0.389. The van der Waals surface area contributed by atoms with Gasteiger partial charge in [0.15, 0.2) is 0 Å². The molecule has 2 aromatic rings. The highest BCUT2D eigenvalue weighted by Gasteiger charge is 2.21. The van der Waals surface area contributed by atoms with Gasteiger partial charge in [-0.15, -0.1) is 11.8 Å². The van der Waals surface area contributed by atoms with Gasteiger partial charge in [-0.3, -0.25) is 0 Å². The number of pyridine rings is 1. The Bertz CT molecular complexity index is 810. The predicted octanol–water partition coefficient (Wildman–Crippen LogP) is 3.30. The molecule has 6 nitrogen and oxygen atoms in total. The van der Waals surface area contributed by atoms with E-state index in [1.807, 2.05) is 0 Å². The molecule has 9 heteroatoms. The van der Waals surface area contributed by atoms with Gasteiger partial charge in [-0.25, -0.2) is 13.4 Å². The maximum Gasteiger partial charge on any atom is 0.244 e. The number of aliphatic hydroxyl groups is 1. The van der Waals surface area contributed by atoms with Crippen LogP contribution in [-0.4, -0.2) is 54.4 Å². The zero-order valence-electron chi connectivity index (χ0n) is 15.2. The highest BCUT2D eigenvalue weighted by atomic mass is 35.5. The molecule has 0 fully saturated rings. The summed E-state index contributed by atoms with van der Waals surface area (Å²) in [4.78, 5) is 4.36. The van der Waals surface area contributed by atoms with Gasteiger partial charge >= 0.3 is 0 Å². The molecule has 27 heavy (non-hydrogen) atoms. The quantitative estimate of drug-likeness (QED) is 0.582. The van der Waals surface area contributed by atoms with E-state index >= 15 is 0 Å². The number of benzene rings is 1. The van der Waals surface area contributed by atoms with Crippen molar-refractivity contribution in [1.82, 2.24) is 9.29 Å². The van der Waals surface area contributed by atoms with Crippen molar-refractivity contribution in [1.29, 1.82) is 0 Å². The maximum absolute atomic E-state index is 12.4. The minimum Gasteiger partial charge on any atom is -0.491 e. The average molecular weight is 431 g/mol. The van der Waals surface area contributed by atoms with Gasteiger partial charge in [0, 0.05) is 30.1 Å². The Morgan fingerprint density at radius 2 is 1.85 bits per heavy atom. The van der Waals surface area contributed by atoms with E-state index in [0.29, 0.717) is 34.6 Å². The zero-order chi connectivity index (χ0) is 19.9. The lowest BCUT2D eigenvalue weighted by atomic mass is 10.3. The van der Waals surface area contributed by atoms with E-state index in [9.17, 15) is 13.5 Å². The van der Waals surface area contributed by atoms with Crippen LogP contribution in [0, 0.1) is 0 Å². The summed E-state index contributed by atoms with van der Waals surface area (Å²) in [5, 5.41) is 11.3. The second-order valence-corrected chi connectivity index (χ2v) is 9.07. The number of halogens is 1. The third kappa shape index (κ3) is 6.36. The Morgan fingerprint density at radius 1 is 1.19 bits per heavy atom. The first-order valence-electron chi connectivity index (χ1n) is 8.52. The fourth-order valence-electron chi connectivity index (χ4n) is 2.27. The molecule has 1 heterocycles. The number of hydrogen-bond donors (Lipinski definition) is 1. The molecular weight excluding hydrogens is 408 g/mol. The summed E-state index contributed by atoms with van der Waals surface area (Å²) in [5.41, 5.74) is 0. The molecule has 0 amide bonds. The molecule has 0 spiro atoms. The number of sulfonamides is 1. The maximum atomic E-state index is 12.4. The fourth-order valence-corrected chi connectivity index (χ4v) is 4.55. The topological polar surface area (TPSA) is 79.7 Å². The Morgan fingerprint density at radius 3 is 2.41 bits per heavy atom. The van der Waals surface area contributed by atoms with Crippen molar-refractivity contribution >= 4 is 33.4 Å². The molecule has 0 radical (unpaired) electrons. The third-order valence-corrected chi connectivity index (χ3v) is 7.11. The minimum atomic E-state index is -3.51. The number of ether oxygens (including phenoxy) is 1. The van der Waals surface area contributed by atoms with Crippen LogP contribution in [0.15, 0.2) is 52.5 Å². The van der Waals surface area contributed by atoms with Crippen molar-refractivity contribution in [3.63, 3.8) is 0 Å². The van der Waals surface area contributed by atoms with Crippen molar-refractivity contribution in [2.45, 2.75) is 29.9 Å². The lowest BCUT2D eigenvalue weighted by Gasteiger charge is -2.18. The van der Waals surface area contributed by atoms with E-state index in [-0.39, 0.29) is 11.5 Å². The van der Waals surface area contributed by atoms with Crippen molar-refractivity contribution in [2.75, 3.05) is 25.4 Å². The van der Waals surface area contributed by atoms with E-state index in [1.54, 1.807) is 50.2 Å². The largest absolute Gasteiger partial charge is 0.491 e. The molecule has 0 saturated heterocycles. The van der Waals surface area contributed by atoms with E-state index in [2.05, 4.69) is 4.98 Å². The monoisotopic (exact) mass is 430 g/mol. The van der Waals surface area contributed by atoms with Crippen LogP contribution in [0.3, 0.4) is 0 Å². The molecule has 1 unspecified atom stereocenters. The van der Waals surface area contributed by atoms with Gasteiger partial charge in [0.25, 0.3) is 0 Å². The normalized spacial score (nSPS) is 12.9. The zero-order valence-corrected chi connectivity index (χ0v) is 17.6. The second kappa shape index (κ2) is 10.3. The van der Waals surface area contributed by atoms with Crippen LogP contribution < -0.4 is 4.74 Å². The SMILES string of the molecule is CCN(CC)S(=O)(=O)c1ccc(SCC(O)COc2ccc(Cl)cc2)nc1. The van der Waals surface area contributed by atoms with Crippen LogP contribution in [0.25, 0.3) is 0 Å². The molecule has 1 aromatic carbocycles. The number of aromatic nitrogens is 1. The molecule has 148 valence electrons. The van der Waals surface area contributed by atoms with Crippen LogP contribution >= 0.6 is 23.4 Å². The second-order valence-electron chi connectivity index (χ2n) is 5.65. The highest BCUT2D eigenvalue weighted by Crippen LogP contribution is 2.21. The number of aliphatic hydroxyl groups excluding tert-OH is 1. The number of rotatable bonds is 10. The van der Waals surface area contributed by atoms with Crippen LogP contribution in [0.5, 0.6) is 5.75 Å². The molecular formula is C18H23ClN2O4S2. The third-order valence-electron chi connectivity index (χ3n) is 3.73. The van der Waals surface area contributed by atoms with Crippen LogP contribution in [-0.2, 0) is 10.0 Å². The summed E-state index contributed by atoms with van der Waals surface area (Å²) < 4.78 is 31.7. The van der Waals surface area contributed by atoms with E-state index in [4.69, 9.17) is 16.3 Å². The van der Waals surface area contributed by atoms with Gasteiger partial charge in [-0.2, -0.15) is 4.31 Å². The summed E-state index contributed by atoms with van der Waals surface area (Å²) in [7, 11) is -3.51. The predicted molar refractivity (Wildman–Crippen MR) is 108 cm³/mol. The Hall–Kier alpha value is -1.32. The van der Waals surface area contributed by atoms with Gasteiger partial charge in [0.2, 0.25) is 10.0 Å². The summed E-state index contributed by atoms with van der Waals surface area (Å²) in [6.07, 6.45) is 0.665. The van der Waals surface area contributed by atoms with Crippen molar-refractivity contribution < 1.29 is 18.3 Å². The molecule has 0 aliphatic carbocycles. The molecule has 2 rings (SSSR count). The van der Waals surface area contributed by atoms with E-state index in [0.717, 1.165) is 0 Å². The Balaban J connectivity index is 1.86. The summed E-state index contributed by atoms with van der Waals surface area (Å²) in [5.74, 6) is 1.01. The van der Waals surface area contributed by atoms with Crippen LogP contribution in [0.1, 0.15) is 13.8 Å². The van der Waals surface area contributed by atoms with E-state index < -0.39 is 16.1 Å². The van der Waals surface area contributed by atoms with Gasteiger partial charge in [0.05, 0.1) is 11.1 Å². The van der Waals surface area contributed by atoms with Gasteiger partial charge in [0.1, 0.15) is 17.3 Å². The Labute approximate surface area is 169 Å². The molecule has 0 aliphatic rings. The van der Waals surface area contributed by atoms with Gasteiger partial charge in [-0.1, -0.05) is 25.4 Å². The average Bonchev–Trinajstić information content (AvgIpc) is 2.67. The standard InChI is InChI=1S/C18H23ClN2O4S2/c1-3-21(4-2)27(23,24)17-9-10-18(20-11-17)26-13-15(22)12-25-16-7-5-14(19)6-8-16/h5-11,15,22H,3-4,12-13H2,1-2H3. The highest BCUT2D eigenvalue weighted by molar-refractivity contribution is 7.99. The molecule has 1 aromatic heterocycles.